The van der Waals surface area contributed by atoms with Crippen molar-refractivity contribution in [3.05, 3.63) is 18.2 Å². The maximum Gasteiger partial charge on any atom is 0.245 e. The molecule has 1 aromatic rings. The van der Waals surface area contributed by atoms with Crippen LogP contribution in [0, 0.1) is 6.92 Å². The molecule has 3 rings (SSSR count). The van der Waals surface area contributed by atoms with Crippen LogP contribution in [0.25, 0.3) is 0 Å². The molecule has 0 N–H and O–H groups in total. The van der Waals surface area contributed by atoms with Gasteiger partial charge in [-0.1, -0.05) is 25.7 Å². The predicted molar refractivity (Wildman–Crippen MR) is 101 cm³/mol. The summed E-state index contributed by atoms with van der Waals surface area (Å²) in [6.07, 6.45) is 14.1. The first-order valence-corrected chi connectivity index (χ1v) is 10.0. The van der Waals surface area contributed by atoms with Gasteiger partial charge in [-0.05, 0) is 52.6 Å². The number of carbonyl (C=O) groups excluding carboxylic acids is 1. The third kappa shape index (κ3) is 3.91. The number of likely N-dealkylation sites (tertiary alicyclic amines) is 1. The van der Waals surface area contributed by atoms with E-state index in [4.69, 9.17) is 0 Å². The maximum absolute atomic E-state index is 13.1. The highest BCUT2D eigenvalue weighted by Crippen LogP contribution is 2.36. The zero-order valence-electron chi connectivity index (χ0n) is 16.2. The van der Waals surface area contributed by atoms with Crippen LogP contribution in [0.15, 0.2) is 12.4 Å². The number of imidazole rings is 1. The monoisotopic (exact) mass is 346 g/mol. The predicted octanol–water partition coefficient (Wildman–Crippen LogP) is 3.40. The van der Waals surface area contributed by atoms with Gasteiger partial charge >= 0.3 is 0 Å². The fraction of sp³-hybridized carbons (Fsp3) is 0.800. The van der Waals surface area contributed by atoms with E-state index in [1.165, 1.54) is 64.5 Å². The molecule has 0 radical (unpaired) electrons. The smallest absolute Gasteiger partial charge is 0.245 e. The zero-order valence-corrected chi connectivity index (χ0v) is 16.2. The molecule has 140 valence electrons. The van der Waals surface area contributed by atoms with E-state index in [9.17, 15) is 4.79 Å². The molecule has 2 aliphatic rings. The Bertz CT molecular complexity index is 570. The molecule has 0 aromatic carbocycles. The van der Waals surface area contributed by atoms with Gasteiger partial charge in [-0.2, -0.15) is 0 Å². The van der Waals surface area contributed by atoms with Gasteiger partial charge in [0.1, 0.15) is 11.9 Å². The van der Waals surface area contributed by atoms with E-state index in [-0.39, 0.29) is 17.5 Å². The average Bonchev–Trinajstić information content (AvgIpc) is 3.08. The lowest BCUT2D eigenvalue weighted by molar-refractivity contribution is -0.135. The molecule has 1 atom stereocenters. The summed E-state index contributed by atoms with van der Waals surface area (Å²) in [6, 6.07) is -0.186. The third-order valence-corrected chi connectivity index (χ3v) is 6.36. The van der Waals surface area contributed by atoms with Gasteiger partial charge in [0.05, 0.1) is 0 Å². The molecular formula is C20H34N4O. The Balaban J connectivity index is 1.72. The molecule has 1 aromatic heterocycles. The number of piperidine rings is 1. The Morgan fingerprint density at radius 2 is 1.84 bits per heavy atom. The lowest BCUT2D eigenvalue weighted by Gasteiger charge is -2.50. The minimum atomic E-state index is -0.186. The largest absolute Gasteiger partial charge is 0.342 e. The zero-order chi connectivity index (χ0) is 17.9. The molecule has 5 nitrogen and oxygen atoms in total. The Labute approximate surface area is 152 Å². The average molecular weight is 347 g/mol. The number of aryl methyl sites for hydroxylation is 1. The quantitative estimate of drug-likeness (QED) is 0.820. The molecule has 0 bridgehead atoms. The van der Waals surface area contributed by atoms with E-state index in [0.29, 0.717) is 0 Å². The van der Waals surface area contributed by atoms with Gasteiger partial charge in [-0.25, -0.2) is 4.98 Å². The van der Waals surface area contributed by atoms with E-state index in [2.05, 4.69) is 9.88 Å². The first-order chi connectivity index (χ1) is 12.0. The number of rotatable bonds is 5. The highest BCUT2D eigenvalue weighted by molar-refractivity contribution is 5.80. The second kappa shape index (κ2) is 7.90. The van der Waals surface area contributed by atoms with Crippen LogP contribution in [-0.2, 0) is 4.79 Å². The minimum Gasteiger partial charge on any atom is -0.342 e. The van der Waals surface area contributed by atoms with Crippen molar-refractivity contribution >= 4 is 5.91 Å². The normalized spacial score (nSPS) is 22.5. The van der Waals surface area contributed by atoms with Gasteiger partial charge in [0.15, 0.2) is 0 Å². The summed E-state index contributed by atoms with van der Waals surface area (Å²) in [5.74, 6) is 1.10. The van der Waals surface area contributed by atoms with Gasteiger partial charge in [0, 0.05) is 31.5 Å². The van der Waals surface area contributed by atoms with Crippen LogP contribution in [0.1, 0.15) is 70.2 Å². The van der Waals surface area contributed by atoms with Crippen molar-refractivity contribution in [1.82, 2.24) is 19.4 Å². The van der Waals surface area contributed by atoms with Crippen molar-refractivity contribution in [3.8, 4) is 0 Å². The number of hydrogen-bond acceptors (Lipinski definition) is 3. The fourth-order valence-corrected chi connectivity index (χ4v) is 4.91. The number of carbonyl (C=O) groups is 1. The number of amides is 1. The summed E-state index contributed by atoms with van der Waals surface area (Å²) < 4.78 is 1.98. The Morgan fingerprint density at radius 1 is 1.20 bits per heavy atom. The fourth-order valence-electron chi connectivity index (χ4n) is 4.91. The van der Waals surface area contributed by atoms with Crippen molar-refractivity contribution in [2.75, 3.05) is 26.7 Å². The molecule has 1 saturated heterocycles. The van der Waals surface area contributed by atoms with Crippen LogP contribution in [0.4, 0.5) is 0 Å². The lowest BCUT2D eigenvalue weighted by atomic mass is 9.78. The van der Waals surface area contributed by atoms with Gasteiger partial charge in [-0.15, -0.1) is 0 Å². The summed E-state index contributed by atoms with van der Waals surface area (Å²) in [4.78, 5) is 22.0. The van der Waals surface area contributed by atoms with Crippen LogP contribution in [0.2, 0.25) is 0 Å². The van der Waals surface area contributed by atoms with Gasteiger partial charge in [-0.3, -0.25) is 9.69 Å². The summed E-state index contributed by atoms with van der Waals surface area (Å²) in [5.41, 5.74) is 0.201. The molecule has 1 aliphatic heterocycles. The summed E-state index contributed by atoms with van der Waals surface area (Å²) in [5, 5.41) is 0. The van der Waals surface area contributed by atoms with E-state index >= 15 is 0 Å². The number of nitrogens with zero attached hydrogens (tertiary/aromatic N) is 4. The molecule has 1 saturated carbocycles. The molecule has 25 heavy (non-hydrogen) atoms. The van der Waals surface area contributed by atoms with Crippen LogP contribution in [0.5, 0.6) is 0 Å². The molecular weight excluding hydrogens is 312 g/mol. The van der Waals surface area contributed by atoms with Crippen molar-refractivity contribution < 1.29 is 4.79 Å². The number of aromatic nitrogens is 2. The SMILES string of the molecule is Cc1nccn1[C@@H](C)C(=O)N(C)CC1(N2CCCCC2)CCCCC1. The van der Waals surface area contributed by atoms with Gasteiger partial charge in [0.25, 0.3) is 0 Å². The van der Waals surface area contributed by atoms with Gasteiger partial charge < -0.3 is 9.47 Å². The first kappa shape index (κ1) is 18.4. The number of hydrogen-bond donors (Lipinski definition) is 0. The van der Waals surface area contributed by atoms with Crippen LogP contribution in [-0.4, -0.2) is 57.5 Å². The third-order valence-electron chi connectivity index (χ3n) is 6.36. The summed E-state index contributed by atoms with van der Waals surface area (Å²) in [7, 11) is 1.99. The highest BCUT2D eigenvalue weighted by Gasteiger charge is 2.40. The van der Waals surface area contributed by atoms with Crippen molar-refractivity contribution in [1.29, 1.82) is 0 Å². The highest BCUT2D eigenvalue weighted by atomic mass is 16.2. The van der Waals surface area contributed by atoms with Crippen LogP contribution in [0.3, 0.4) is 0 Å². The second-order valence-corrected chi connectivity index (χ2v) is 8.08. The Kier molecular flexibility index (Phi) is 5.82. The maximum atomic E-state index is 13.1. The van der Waals surface area contributed by atoms with Crippen molar-refractivity contribution in [3.63, 3.8) is 0 Å². The molecule has 5 heteroatoms. The molecule has 0 unspecified atom stereocenters. The Hall–Kier alpha value is -1.36. The molecule has 2 heterocycles. The van der Waals surface area contributed by atoms with Crippen molar-refractivity contribution in [2.24, 2.45) is 0 Å². The van der Waals surface area contributed by atoms with E-state index in [1.807, 2.05) is 36.6 Å². The van der Waals surface area contributed by atoms with Crippen LogP contribution < -0.4 is 0 Å². The molecule has 1 aliphatic carbocycles. The van der Waals surface area contributed by atoms with E-state index < -0.39 is 0 Å². The molecule has 0 spiro atoms. The van der Waals surface area contributed by atoms with Crippen molar-refractivity contribution in [2.45, 2.75) is 76.8 Å². The first-order valence-electron chi connectivity index (χ1n) is 10.0. The second-order valence-electron chi connectivity index (χ2n) is 8.08. The van der Waals surface area contributed by atoms with Crippen LogP contribution >= 0.6 is 0 Å². The summed E-state index contributed by atoms with van der Waals surface area (Å²) in [6.45, 7) is 7.22. The molecule has 2 fully saturated rings. The van der Waals surface area contributed by atoms with E-state index in [1.54, 1.807) is 6.20 Å². The topological polar surface area (TPSA) is 41.4 Å². The standard InChI is InChI=1S/C20H34N4O/c1-17(24-15-12-21-18(24)2)19(25)22(3)16-20(10-6-4-7-11-20)23-13-8-5-9-14-23/h12,15,17H,4-11,13-14,16H2,1-3H3/t17-/m0/s1. The lowest BCUT2D eigenvalue weighted by Crippen LogP contribution is -2.58. The Morgan fingerprint density at radius 3 is 2.44 bits per heavy atom. The van der Waals surface area contributed by atoms with Gasteiger partial charge in [0.2, 0.25) is 5.91 Å². The summed E-state index contributed by atoms with van der Waals surface area (Å²) >= 11 is 0. The van der Waals surface area contributed by atoms with E-state index in [0.717, 1.165) is 12.4 Å². The number of likely N-dealkylation sites (N-methyl/N-ethyl adjacent to an activating group) is 1. The minimum absolute atomic E-state index is 0.186. The molecule has 1 amide bonds.